The maximum Gasteiger partial charge on any atom is 0.336 e. The van der Waals surface area contributed by atoms with E-state index in [1.165, 1.54) is 0 Å². The second-order valence-corrected chi connectivity index (χ2v) is 5.65. The standard InChI is InChI=1S/C14H22O8/c1-8(15)9(7-12(18)22-14(2,3)4)21-13(19)10(20-5)6-11(16)17/h9-10H,6-7H2,1-5H3,(H,16,17). The van der Waals surface area contributed by atoms with Gasteiger partial charge in [-0.25, -0.2) is 4.79 Å². The number of carboxylic acids is 1. The number of ether oxygens (including phenoxy) is 3. The number of carbonyl (C=O) groups excluding carboxylic acids is 3. The molecular weight excluding hydrogens is 296 g/mol. The van der Waals surface area contributed by atoms with Crippen molar-refractivity contribution >= 4 is 23.7 Å². The Bertz CT molecular complexity index is 435. The summed E-state index contributed by atoms with van der Waals surface area (Å²) in [6.07, 6.45) is -3.74. The first kappa shape index (κ1) is 20.0. The van der Waals surface area contributed by atoms with E-state index < -0.39 is 54.3 Å². The molecule has 2 atom stereocenters. The van der Waals surface area contributed by atoms with E-state index in [9.17, 15) is 19.2 Å². The lowest BCUT2D eigenvalue weighted by atomic mass is 10.1. The summed E-state index contributed by atoms with van der Waals surface area (Å²) in [6, 6.07) is 0. The summed E-state index contributed by atoms with van der Waals surface area (Å²) >= 11 is 0. The molecule has 22 heavy (non-hydrogen) atoms. The molecular formula is C14H22O8. The van der Waals surface area contributed by atoms with E-state index in [1.54, 1.807) is 20.8 Å². The molecule has 0 aliphatic rings. The van der Waals surface area contributed by atoms with Crippen LogP contribution >= 0.6 is 0 Å². The summed E-state index contributed by atoms with van der Waals surface area (Å²) < 4.78 is 14.6. The van der Waals surface area contributed by atoms with Crippen LogP contribution in [0.5, 0.6) is 0 Å². The maximum absolute atomic E-state index is 11.8. The Morgan fingerprint density at radius 3 is 1.95 bits per heavy atom. The van der Waals surface area contributed by atoms with Crippen LogP contribution in [0.1, 0.15) is 40.5 Å². The van der Waals surface area contributed by atoms with Crippen molar-refractivity contribution in [1.82, 2.24) is 0 Å². The fourth-order valence-corrected chi connectivity index (χ4v) is 1.44. The average molecular weight is 318 g/mol. The molecule has 0 saturated heterocycles. The molecule has 0 amide bonds. The van der Waals surface area contributed by atoms with E-state index >= 15 is 0 Å². The van der Waals surface area contributed by atoms with Crippen molar-refractivity contribution in [2.24, 2.45) is 0 Å². The Morgan fingerprint density at radius 2 is 1.59 bits per heavy atom. The summed E-state index contributed by atoms with van der Waals surface area (Å²) in [4.78, 5) is 45.5. The molecule has 0 saturated carbocycles. The van der Waals surface area contributed by atoms with Crippen LogP contribution < -0.4 is 0 Å². The van der Waals surface area contributed by atoms with E-state index in [-0.39, 0.29) is 0 Å². The molecule has 8 nitrogen and oxygen atoms in total. The molecule has 0 aliphatic carbocycles. The third-order valence-electron chi connectivity index (χ3n) is 2.39. The predicted octanol–water partition coefficient (Wildman–Crippen LogP) is 0.709. The zero-order valence-corrected chi connectivity index (χ0v) is 13.4. The van der Waals surface area contributed by atoms with Crippen LogP contribution in [0, 0.1) is 0 Å². The monoisotopic (exact) mass is 318 g/mol. The minimum Gasteiger partial charge on any atom is -0.481 e. The second kappa shape index (κ2) is 8.47. The molecule has 0 aromatic heterocycles. The van der Waals surface area contributed by atoms with E-state index in [1.807, 2.05) is 0 Å². The Labute approximate surface area is 128 Å². The first-order chi connectivity index (χ1) is 9.96. The number of methoxy groups -OCH3 is 1. The summed E-state index contributed by atoms with van der Waals surface area (Å²) in [7, 11) is 1.14. The van der Waals surface area contributed by atoms with Crippen molar-refractivity contribution in [1.29, 1.82) is 0 Å². The zero-order valence-electron chi connectivity index (χ0n) is 13.4. The summed E-state index contributed by atoms with van der Waals surface area (Å²) in [6.45, 7) is 6.13. The zero-order chi connectivity index (χ0) is 17.5. The molecule has 0 spiro atoms. The van der Waals surface area contributed by atoms with Crippen molar-refractivity contribution in [3.63, 3.8) is 0 Å². The van der Waals surface area contributed by atoms with Gasteiger partial charge in [-0.2, -0.15) is 0 Å². The van der Waals surface area contributed by atoms with Crippen LogP contribution in [0.15, 0.2) is 0 Å². The highest BCUT2D eigenvalue weighted by molar-refractivity contribution is 5.89. The Morgan fingerprint density at radius 1 is 1.05 bits per heavy atom. The molecule has 0 rings (SSSR count). The van der Waals surface area contributed by atoms with Crippen LogP contribution in [-0.4, -0.2) is 53.7 Å². The van der Waals surface area contributed by atoms with Crippen LogP contribution in [0.4, 0.5) is 0 Å². The van der Waals surface area contributed by atoms with Gasteiger partial charge < -0.3 is 19.3 Å². The minimum absolute atomic E-state index is 0.443. The number of carboxylic acid groups (broad SMARTS) is 1. The Kier molecular flexibility index (Phi) is 7.72. The first-order valence-corrected chi connectivity index (χ1v) is 6.63. The van der Waals surface area contributed by atoms with Gasteiger partial charge >= 0.3 is 17.9 Å². The number of Topliss-reactive ketones (excluding diaryl/α,β-unsaturated/α-hetero) is 1. The topological polar surface area (TPSA) is 116 Å². The molecule has 0 bridgehead atoms. The molecule has 0 aromatic carbocycles. The highest BCUT2D eigenvalue weighted by atomic mass is 16.6. The predicted molar refractivity (Wildman–Crippen MR) is 74.1 cm³/mol. The van der Waals surface area contributed by atoms with Gasteiger partial charge in [-0.15, -0.1) is 0 Å². The molecule has 0 heterocycles. The molecule has 126 valence electrons. The van der Waals surface area contributed by atoms with Gasteiger partial charge in [0, 0.05) is 7.11 Å². The first-order valence-electron chi connectivity index (χ1n) is 6.63. The summed E-state index contributed by atoms with van der Waals surface area (Å²) in [5.74, 6) is -3.53. The van der Waals surface area contributed by atoms with Gasteiger partial charge in [0.05, 0.1) is 12.8 Å². The van der Waals surface area contributed by atoms with Crippen molar-refractivity contribution in [3.05, 3.63) is 0 Å². The lowest BCUT2D eigenvalue weighted by molar-refractivity contribution is -0.172. The minimum atomic E-state index is -1.35. The van der Waals surface area contributed by atoms with Gasteiger partial charge in [-0.1, -0.05) is 0 Å². The molecule has 1 N–H and O–H groups in total. The van der Waals surface area contributed by atoms with Gasteiger partial charge in [0.15, 0.2) is 18.0 Å². The second-order valence-electron chi connectivity index (χ2n) is 5.65. The average Bonchev–Trinajstić information content (AvgIpc) is 2.32. The van der Waals surface area contributed by atoms with Crippen molar-refractivity contribution < 1.29 is 38.5 Å². The molecule has 2 unspecified atom stereocenters. The van der Waals surface area contributed by atoms with E-state index in [0.717, 1.165) is 14.0 Å². The largest absolute Gasteiger partial charge is 0.481 e. The van der Waals surface area contributed by atoms with Gasteiger partial charge in [-0.05, 0) is 27.7 Å². The number of carbonyl (C=O) groups is 4. The van der Waals surface area contributed by atoms with Crippen LogP contribution in [-0.2, 0) is 33.4 Å². The van der Waals surface area contributed by atoms with Gasteiger partial charge in [-0.3, -0.25) is 14.4 Å². The van der Waals surface area contributed by atoms with Gasteiger partial charge in [0.25, 0.3) is 0 Å². The molecule has 0 aromatic rings. The van der Waals surface area contributed by atoms with Crippen molar-refractivity contribution in [2.75, 3.05) is 7.11 Å². The third-order valence-corrected chi connectivity index (χ3v) is 2.39. The number of aliphatic carboxylic acids is 1. The number of rotatable bonds is 8. The summed E-state index contributed by atoms with van der Waals surface area (Å²) in [5, 5.41) is 8.65. The quantitative estimate of drug-likeness (QED) is 0.650. The molecule has 0 fully saturated rings. The normalized spacial score (nSPS) is 13.9. The Balaban J connectivity index is 4.77. The van der Waals surface area contributed by atoms with E-state index in [0.29, 0.717) is 0 Å². The number of esters is 2. The van der Waals surface area contributed by atoms with Crippen LogP contribution in [0.3, 0.4) is 0 Å². The summed E-state index contributed by atoms with van der Waals surface area (Å²) in [5.41, 5.74) is -0.735. The SMILES string of the molecule is COC(CC(=O)O)C(=O)OC(CC(=O)OC(C)(C)C)C(C)=O. The highest BCUT2D eigenvalue weighted by Gasteiger charge is 2.30. The third kappa shape index (κ3) is 8.35. The number of ketones is 1. The number of hydrogen-bond acceptors (Lipinski definition) is 7. The molecule has 0 aliphatic heterocycles. The lowest BCUT2D eigenvalue weighted by Gasteiger charge is -2.22. The fourth-order valence-electron chi connectivity index (χ4n) is 1.44. The number of hydrogen-bond donors (Lipinski definition) is 1. The highest BCUT2D eigenvalue weighted by Crippen LogP contribution is 2.12. The van der Waals surface area contributed by atoms with Crippen LogP contribution in [0.2, 0.25) is 0 Å². The molecule has 0 radical (unpaired) electrons. The van der Waals surface area contributed by atoms with Crippen LogP contribution in [0.25, 0.3) is 0 Å². The van der Waals surface area contributed by atoms with Crippen molar-refractivity contribution in [3.8, 4) is 0 Å². The Hall–Kier alpha value is -1.96. The van der Waals surface area contributed by atoms with Crippen molar-refractivity contribution in [2.45, 2.75) is 58.3 Å². The molecule has 8 heteroatoms. The van der Waals surface area contributed by atoms with Gasteiger partial charge in [0.1, 0.15) is 5.60 Å². The maximum atomic E-state index is 11.8. The van der Waals surface area contributed by atoms with E-state index in [4.69, 9.17) is 19.3 Å². The fraction of sp³-hybridized carbons (Fsp3) is 0.714. The lowest BCUT2D eigenvalue weighted by Crippen LogP contribution is -2.36. The van der Waals surface area contributed by atoms with Gasteiger partial charge in [0.2, 0.25) is 0 Å². The smallest absolute Gasteiger partial charge is 0.336 e. The van der Waals surface area contributed by atoms with E-state index in [2.05, 4.69) is 0 Å².